The number of ether oxygens (including phenoxy) is 2. The van der Waals surface area contributed by atoms with Crippen LogP contribution in [-0.4, -0.2) is 26.3 Å². The maximum absolute atomic E-state index is 10.1. The van der Waals surface area contributed by atoms with Crippen molar-refractivity contribution in [3.8, 4) is 11.5 Å². The molecule has 0 bridgehead atoms. The molecule has 1 N–H and O–H groups in total. The fraction of sp³-hybridized carbons (Fsp3) is 0.167. The number of hydrogen-bond donors (Lipinski definition) is 1. The third-order valence-corrected chi connectivity index (χ3v) is 6.27. The molecule has 0 saturated heterocycles. The number of aliphatic hydroxyl groups excluding tert-OH is 1. The van der Waals surface area contributed by atoms with Gasteiger partial charge in [-0.15, -0.1) is 23.6 Å². The molecule has 0 spiro atoms. The summed E-state index contributed by atoms with van der Waals surface area (Å²) in [6.07, 6.45) is 4.15. The molecular formula is C30H29NO3U. The van der Waals surface area contributed by atoms with Gasteiger partial charge >= 0.3 is 31.1 Å². The third kappa shape index (κ3) is 4.74. The number of fused-ring (bicyclic) bond motifs is 3. The summed E-state index contributed by atoms with van der Waals surface area (Å²) in [6, 6.07) is 27.7. The molecule has 0 fully saturated rings. The first-order valence-corrected chi connectivity index (χ1v) is 10.9. The fourth-order valence-corrected chi connectivity index (χ4v) is 4.45. The number of aliphatic hydroxyl groups is 1. The predicted octanol–water partition coefficient (Wildman–Crippen LogP) is 6.01. The zero-order chi connectivity index (χ0) is 23.0. The summed E-state index contributed by atoms with van der Waals surface area (Å²) in [7, 11) is 5.70. The summed E-state index contributed by atoms with van der Waals surface area (Å²) in [5.41, 5.74) is 4.04. The zero-order valence-corrected chi connectivity index (χ0v) is 24.7. The van der Waals surface area contributed by atoms with Crippen LogP contribution in [0.3, 0.4) is 0 Å². The van der Waals surface area contributed by atoms with Crippen LogP contribution in [0.5, 0.6) is 11.5 Å². The molecule has 0 saturated carbocycles. The Bertz CT molecular complexity index is 1330. The van der Waals surface area contributed by atoms with E-state index in [2.05, 4.69) is 59.5 Å². The molecule has 0 aliphatic carbocycles. The molecule has 1 aliphatic heterocycles. The number of methoxy groups -OCH3 is 1. The maximum Gasteiger partial charge on any atom is 2.00 e. The smallest absolute Gasteiger partial charge is 0.540 e. The van der Waals surface area contributed by atoms with E-state index in [0.717, 1.165) is 44.5 Å². The van der Waals surface area contributed by atoms with Crippen molar-refractivity contribution in [2.75, 3.05) is 26.1 Å². The van der Waals surface area contributed by atoms with Gasteiger partial charge in [0.15, 0.2) is 5.60 Å². The average Bonchev–Trinajstić information content (AvgIpc) is 2.88. The summed E-state index contributed by atoms with van der Waals surface area (Å²) in [4.78, 5) is 2.08. The van der Waals surface area contributed by atoms with Crippen LogP contribution in [-0.2, 0) is 12.2 Å². The molecule has 1 heterocycles. The minimum atomic E-state index is -0.816. The molecule has 1 atom stereocenters. The molecule has 4 aromatic carbocycles. The minimum Gasteiger partial charge on any atom is -0.540 e. The Balaban J connectivity index is 0.00000171. The second-order valence-corrected chi connectivity index (χ2v) is 8.42. The summed E-state index contributed by atoms with van der Waals surface area (Å²) in [5, 5.41) is 11.8. The normalized spacial score (nSPS) is 15.9. The van der Waals surface area contributed by atoms with E-state index in [1.54, 1.807) is 13.2 Å². The van der Waals surface area contributed by atoms with Crippen LogP contribution >= 0.6 is 0 Å². The van der Waals surface area contributed by atoms with Crippen LogP contribution in [0, 0.1) is 44.6 Å². The van der Waals surface area contributed by atoms with Gasteiger partial charge in [-0.3, -0.25) is 0 Å². The zero-order valence-electron chi connectivity index (χ0n) is 20.5. The van der Waals surface area contributed by atoms with Crippen LogP contribution in [0.1, 0.15) is 22.3 Å². The van der Waals surface area contributed by atoms with Gasteiger partial charge in [0.1, 0.15) is 0 Å². The van der Waals surface area contributed by atoms with Crippen molar-refractivity contribution in [3.63, 3.8) is 0 Å². The van der Waals surface area contributed by atoms with E-state index >= 15 is 0 Å². The van der Waals surface area contributed by atoms with Gasteiger partial charge in [-0.05, 0) is 18.2 Å². The molecule has 0 radical (unpaired) electrons. The first-order valence-electron chi connectivity index (χ1n) is 10.9. The Morgan fingerprint density at radius 2 is 1.69 bits per heavy atom. The minimum absolute atomic E-state index is 0. The standard InChI is InChI=1S/C29H26NO3.CH3.U/c1-30(2)24-12-10-23(11-13-24)29(22-7-5-4-6-8-22)16-15-26-21(19-31)17-20-9-14-25(32-3)18-27(20)28(26)33-29;;/h4-8,10-18,31H,19H2,1-3H3;1H3;/q2*-1;+2. The monoisotopic (exact) mass is 689 g/mol. The maximum atomic E-state index is 10.1. The van der Waals surface area contributed by atoms with Gasteiger partial charge in [0.2, 0.25) is 0 Å². The van der Waals surface area contributed by atoms with E-state index in [9.17, 15) is 5.11 Å². The Morgan fingerprint density at radius 3 is 2.31 bits per heavy atom. The second-order valence-electron chi connectivity index (χ2n) is 8.42. The van der Waals surface area contributed by atoms with Gasteiger partial charge in [-0.2, -0.15) is 0 Å². The van der Waals surface area contributed by atoms with Crippen LogP contribution < -0.4 is 14.4 Å². The van der Waals surface area contributed by atoms with E-state index in [1.807, 2.05) is 44.4 Å². The molecule has 1 aliphatic rings. The third-order valence-electron chi connectivity index (χ3n) is 6.27. The summed E-state index contributed by atoms with van der Waals surface area (Å²) < 4.78 is 12.4. The Kier molecular flexibility index (Phi) is 8.38. The molecule has 4 nitrogen and oxygen atoms in total. The number of rotatable bonds is 5. The number of anilines is 1. The first kappa shape index (κ1) is 26.9. The van der Waals surface area contributed by atoms with Crippen LogP contribution in [0.25, 0.3) is 16.8 Å². The Morgan fingerprint density at radius 1 is 1.00 bits per heavy atom. The van der Waals surface area contributed by atoms with Gasteiger partial charge in [0.25, 0.3) is 0 Å². The molecule has 0 amide bonds. The topological polar surface area (TPSA) is 41.9 Å². The van der Waals surface area contributed by atoms with E-state index in [0.29, 0.717) is 5.75 Å². The van der Waals surface area contributed by atoms with E-state index < -0.39 is 5.60 Å². The van der Waals surface area contributed by atoms with E-state index in [-0.39, 0.29) is 45.1 Å². The fourth-order valence-electron chi connectivity index (χ4n) is 4.45. The Labute approximate surface area is 231 Å². The van der Waals surface area contributed by atoms with Crippen LogP contribution in [0.2, 0.25) is 0 Å². The molecule has 4 aromatic rings. The first-order chi connectivity index (χ1) is 16.1. The van der Waals surface area contributed by atoms with Gasteiger partial charge in [0, 0.05) is 42.2 Å². The molecule has 5 rings (SSSR count). The van der Waals surface area contributed by atoms with Gasteiger partial charge in [-0.1, -0.05) is 65.6 Å². The SMILES string of the molecule is COc1c[c-]c2cc(CO)c3c(c2c1)OC(c1ccccc1)(c1ccc(N(C)C)cc1)C=C3.[CH3-].[U+2]. The molecule has 176 valence electrons. The number of hydrogen-bond acceptors (Lipinski definition) is 4. The summed E-state index contributed by atoms with van der Waals surface area (Å²) in [5.74, 6) is 1.43. The van der Waals surface area contributed by atoms with Crippen molar-refractivity contribution in [2.24, 2.45) is 0 Å². The molecule has 1 unspecified atom stereocenters. The molecule has 0 aromatic heterocycles. The number of benzene rings is 4. The second kappa shape index (κ2) is 10.9. The van der Waals surface area contributed by atoms with Crippen molar-refractivity contribution in [1.29, 1.82) is 0 Å². The van der Waals surface area contributed by atoms with Crippen molar-refractivity contribution < 1.29 is 45.7 Å². The number of nitrogens with zero attached hydrogens (tertiary/aromatic N) is 1. The van der Waals surface area contributed by atoms with Crippen molar-refractivity contribution in [1.82, 2.24) is 0 Å². The molecular weight excluding hydrogens is 660 g/mol. The largest absolute Gasteiger partial charge is 2.00 e. The van der Waals surface area contributed by atoms with Crippen LogP contribution in [0.4, 0.5) is 5.69 Å². The van der Waals surface area contributed by atoms with Gasteiger partial charge in [0.05, 0.1) is 19.5 Å². The van der Waals surface area contributed by atoms with Crippen molar-refractivity contribution in [2.45, 2.75) is 12.2 Å². The summed E-state index contributed by atoms with van der Waals surface area (Å²) >= 11 is 0. The van der Waals surface area contributed by atoms with Gasteiger partial charge < -0.3 is 26.9 Å². The molecule has 35 heavy (non-hydrogen) atoms. The van der Waals surface area contributed by atoms with Crippen LogP contribution in [0.15, 0.2) is 78.9 Å². The van der Waals surface area contributed by atoms with Crippen molar-refractivity contribution >= 4 is 22.5 Å². The Hall–Kier alpha value is -2.71. The average molecular weight is 690 g/mol. The van der Waals surface area contributed by atoms with E-state index in [4.69, 9.17) is 9.47 Å². The van der Waals surface area contributed by atoms with E-state index in [1.165, 1.54) is 0 Å². The molecule has 5 heteroatoms. The van der Waals surface area contributed by atoms with Gasteiger partial charge in [-0.25, -0.2) is 0 Å². The van der Waals surface area contributed by atoms with Crippen molar-refractivity contribution in [3.05, 3.63) is 115 Å². The predicted molar refractivity (Wildman–Crippen MR) is 139 cm³/mol. The summed E-state index contributed by atoms with van der Waals surface area (Å²) in [6.45, 7) is -0.0816. The quantitative estimate of drug-likeness (QED) is 0.261.